The minimum Gasteiger partial charge on any atom is -0.450 e. The Balaban J connectivity index is 1.94. The predicted octanol–water partition coefficient (Wildman–Crippen LogP) is 2.20. The molecule has 1 aliphatic heterocycles. The van der Waals surface area contributed by atoms with Gasteiger partial charge in [-0.1, -0.05) is 25.9 Å². The third-order valence-corrected chi connectivity index (χ3v) is 6.47. The SMILES string of the molecule is CCOC(=O)N[C@H](CC(C)(C)C)C(=O)N1CCC[C@H]1C(=O)NCC1CCC(C(N)=NO)CC1. The zero-order chi connectivity index (χ0) is 24.6. The van der Waals surface area contributed by atoms with Crippen LogP contribution in [-0.2, 0) is 14.3 Å². The van der Waals surface area contributed by atoms with Gasteiger partial charge in [0.05, 0.1) is 6.61 Å². The third-order valence-electron chi connectivity index (χ3n) is 6.47. The smallest absolute Gasteiger partial charge is 0.407 e. The van der Waals surface area contributed by atoms with Gasteiger partial charge < -0.3 is 31.2 Å². The molecular weight excluding hydrogens is 426 g/mol. The molecule has 1 saturated carbocycles. The van der Waals surface area contributed by atoms with Crippen molar-refractivity contribution in [2.45, 2.75) is 84.7 Å². The lowest BCUT2D eigenvalue weighted by molar-refractivity contribution is -0.140. The minimum atomic E-state index is -0.744. The number of hydrogen-bond acceptors (Lipinski definition) is 6. The number of nitrogens with one attached hydrogen (secondary N) is 2. The highest BCUT2D eigenvalue weighted by Crippen LogP contribution is 2.29. The van der Waals surface area contributed by atoms with Gasteiger partial charge in [-0.25, -0.2) is 4.79 Å². The van der Waals surface area contributed by atoms with E-state index in [2.05, 4.69) is 15.8 Å². The molecule has 0 radical (unpaired) electrons. The van der Waals surface area contributed by atoms with Crippen LogP contribution in [0.25, 0.3) is 0 Å². The number of carbonyl (C=O) groups is 3. The van der Waals surface area contributed by atoms with Crippen LogP contribution in [0.5, 0.6) is 0 Å². The summed E-state index contributed by atoms with van der Waals surface area (Å²) in [6.45, 7) is 8.98. The van der Waals surface area contributed by atoms with Crippen molar-refractivity contribution >= 4 is 23.7 Å². The van der Waals surface area contributed by atoms with Gasteiger partial charge in [0, 0.05) is 19.0 Å². The van der Waals surface area contributed by atoms with Crippen molar-refractivity contribution in [3.8, 4) is 0 Å². The first kappa shape index (κ1) is 26.7. The van der Waals surface area contributed by atoms with Crippen LogP contribution >= 0.6 is 0 Å². The normalized spacial score (nSPS) is 24.8. The van der Waals surface area contributed by atoms with E-state index in [1.165, 1.54) is 0 Å². The van der Waals surface area contributed by atoms with E-state index in [-0.39, 0.29) is 35.6 Å². The summed E-state index contributed by atoms with van der Waals surface area (Å²) in [4.78, 5) is 39.9. The van der Waals surface area contributed by atoms with Crippen molar-refractivity contribution in [1.82, 2.24) is 15.5 Å². The lowest BCUT2D eigenvalue weighted by Crippen LogP contribution is -2.54. The predicted molar refractivity (Wildman–Crippen MR) is 125 cm³/mol. The maximum atomic E-state index is 13.3. The Hall–Kier alpha value is -2.52. The number of nitrogens with zero attached hydrogens (tertiary/aromatic N) is 2. The summed E-state index contributed by atoms with van der Waals surface area (Å²) in [5.74, 6) is 0.316. The number of likely N-dealkylation sites (tertiary alicyclic amines) is 1. The van der Waals surface area contributed by atoms with Gasteiger partial charge in [-0.2, -0.15) is 0 Å². The Kier molecular flexibility index (Phi) is 9.79. The van der Waals surface area contributed by atoms with Crippen LogP contribution in [0, 0.1) is 17.3 Å². The molecule has 10 heteroatoms. The number of oxime groups is 1. The summed E-state index contributed by atoms with van der Waals surface area (Å²) < 4.78 is 4.98. The molecule has 2 atom stereocenters. The number of carbonyl (C=O) groups excluding carboxylic acids is 3. The van der Waals surface area contributed by atoms with E-state index in [4.69, 9.17) is 15.7 Å². The van der Waals surface area contributed by atoms with Gasteiger partial charge in [0.25, 0.3) is 0 Å². The molecule has 0 bridgehead atoms. The molecule has 1 aliphatic carbocycles. The molecule has 2 rings (SSSR count). The van der Waals surface area contributed by atoms with Crippen molar-refractivity contribution in [1.29, 1.82) is 0 Å². The molecule has 0 aromatic heterocycles. The van der Waals surface area contributed by atoms with Gasteiger partial charge in [0.15, 0.2) is 0 Å². The van der Waals surface area contributed by atoms with E-state index in [0.29, 0.717) is 31.8 Å². The lowest BCUT2D eigenvalue weighted by Gasteiger charge is -2.32. The van der Waals surface area contributed by atoms with Crippen molar-refractivity contribution in [2.75, 3.05) is 19.7 Å². The summed E-state index contributed by atoms with van der Waals surface area (Å²) in [6.07, 6.45) is 4.63. The number of amidine groups is 1. The van der Waals surface area contributed by atoms with Crippen LogP contribution in [-0.4, -0.2) is 65.6 Å². The maximum absolute atomic E-state index is 13.3. The van der Waals surface area contributed by atoms with Gasteiger partial charge in [-0.05, 0) is 63.2 Å². The molecule has 0 unspecified atom stereocenters. The average molecular weight is 468 g/mol. The fraction of sp³-hybridized carbons (Fsp3) is 0.826. The largest absolute Gasteiger partial charge is 0.450 e. The van der Waals surface area contributed by atoms with Crippen LogP contribution in [0.4, 0.5) is 4.79 Å². The summed E-state index contributed by atoms with van der Waals surface area (Å²) >= 11 is 0. The molecule has 10 nitrogen and oxygen atoms in total. The second-order valence-electron chi connectivity index (χ2n) is 10.4. The molecule has 2 aliphatic rings. The highest BCUT2D eigenvalue weighted by Gasteiger charge is 2.39. The van der Waals surface area contributed by atoms with Crippen LogP contribution < -0.4 is 16.4 Å². The molecule has 3 amide bonds. The van der Waals surface area contributed by atoms with Gasteiger partial charge in [-0.3, -0.25) is 9.59 Å². The van der Waals surface area contributed by atoms with Crippen molar-refractivity contribution in [3.05, 3.63) is 0 Å². The van der Waals surface area contributed by atoms with E-state index in [9.17, 15) is 14.4 Å². The van der Waals surface area contributed by atoms with Crippen LogP contribution in [0.15, 0.2) is 5.16 Å². The Morgan fingerprint density at radius 1 is 1.18 bits per heavy atom. The second-order valence-corrected chi connectivity index (χ2v) is 10.4. The fourth-order valence-electron chi connectivity index (χ4n) is 4.74. The molecular formula is C23H41N5O5. The van der Waals surface area contributed by atoms with Crippen molar-refractivity contribution in [2.24, 2.45) is 28.1 Å². The molecule has 0 spiro atoms. The molecule has 1 saturated heterocycles. The Bertz CT molecular complexity index is 713. The van der Waals surface area contributed by atoms with Crippen LogP contribution in [0.3, 0.4) is 0 Å². The number of nitrogens with two attached hydrogens (primary N) is 1. The standard InChI is InChI=1S/C23H41N5O5/c1-5-33-22(31)26-17(13-23(2,3)4)21(30)28-12-6-7-18(28)20(29)25-14-15-8-10-16(11-9-15)19(24)27-32/h15-18,32H,5-14H2,1-4H3,(H2,24,27)(H,25,29)(H,26,31)/t15?,16?,17-,18+/m1/s1. The van der Waals surface area contributed by atoms with Gasteiger partial charge in [-0.15, -0.1) is 0 Å². The van der Waals surface area contributed by atoms with Crippen LogP contribution in [0.1, 0.15) is 72.6 Å². The summed E-state index contributed by atoms with van der Waals surface area (Å²) in [5, 5.41) is 17.7. The highest BCUT2D eigenvalue weighted by molar-refractivity contribution is 5.92. The molecule has 188 valence electrons. The highest BCUT2D eigenvalue weighted by atomic mass is 16.5. The molecule has 0 aromatic carbocycles. The van der Waals surface area contributed by atoms with E-state index < -0.39 is 18.2 Å². The maximum Gasteiger partial charge on any atom is 0.407 e. The second kappa shape index (κ2) is 12.1. The number of hydrogen-bond donors (Lipinski definition) is 4. The Morgan fingerprint density at radius 3 is 2.42 bits per heavy atom. The summed E-state index contributed by atoms with van der Waals surface area (Å²) in [6, 6.07) is -1.27. The molecule has 5 N–H and O–H groups in total. The molecule has 33 heavy (non-hydrogen) atoms. The van der Waals surface area contributed by atoms with Gasteiger partial charge in [0.1, 0.15) is 17.9 Å². The first-order valence-corrected chi connectivity index (χ1v) is 12.0. The zero-order valence-electron chi connectivity index (χ0n) is 20.4. The lowest BCUT2D eigenvalue weighted by atomic mass is 9.81. The average Bonchev–Trinajstić information content (AvgIpc) is 3.25. The summed E-state index contributed by atoms with van der Waals surface area (Å²) in [5.41, 5.74) is 5.52. The molecule has 0 aromatic rings. The van der Waals surface area contributed by atoms with Crippen molar-refractivity contribution < 1.29 is 24.3 Å². The monoisotopic (exact) mass is 467 g/mol. The zero-order valence-corrected chi connectivity index (χ0v) is 20.4. The minimum absolute atomic E-state index is 0.0940. The summed E-state index contributed by atoms with van der Waals surface area (Å²) in [7, 11) is 0. The first-order valence-electron chi connectivity index (χ1n) is 12.0. The van der Waals surface area contributed by atoms with E-state index in [0.717, 1.165) is 32.1 Å². The quantitative estimate of drug-likeness (QED) is 0.186. The number of alkyl carbamates (subject to hydrolysis) is 1. The molecule has 1 heterocycles. The topological polar surface area (TPSA) is 146 Å². The first-order chi connectivity index (χ1) is 15.6. The Labute approximate surface area is 196 Å². The number of ether oxygens (including phenoxy) is 1. The molecule has 2 fully saturated rings. The van der Waals surface area contributed by atoms with E-state index in [1.807, 2.05) is 20.8 Å². The third kappa shape index (κ3) is 8.08. The number of rotatable bonds is 8. The Morgan fingerprint density at radius 2 is 1.85 bits per heavy atom. The number of amides is 3. The fourth-order valence-corrected chi connectivity index (χ4v) is 4.74. The van der Waals surface area contributed by atoms with Gasteiger partial charge >= 0.3 is 6.09 Å². The van der Waals surface area contributed by atoms with E-state index >= 15 is 0 Å². The van der Waals surface area contributed by atoms with Gasteiger partial charge in [0.2, 0.25) is 11.8 Å². The van der Waals surface area contributed by atoms with Crippen LogP contribution in [0.2, 0.25) is 0 Å². The van der Waals surface area contributed by atoms with Crippen molar-refractivity contribution in [3.63, 3.8) is 0 Å². The van der Waals surface area contributed by atoms with E-state index in [1.54, 1.807) is 11.8 Å².